The minimum atomic E-state index is 1.06. The summed E-state index contributed by atoms with van der Waals surface area (Å²) in [4.78, 5) is 4.78. The molecular formula is C23H14N2. The summed E-state index contributed by atoms with van der Waals surface area (Å²) in [5, 5.41) is 6.26. The molecule has 0 amide bonds. The third-order valence-electron chi connectivity index (χ3n) is 5.18. The topological polar surface area (TPSA) is 17.3 Å². The van der Waals surface area contributed by atoms with Gasteiger partial charge in [0.15, 0.2) is 0 Å². The van der Waals surface area contributed by atoms with Gasteiger partial charge in [-0.05, 0) is 35.0 Å². The van der Waals surface area contributed by atoms with Crippen LogP contribution in [-0.4, -0.2) is 9.38 Å². The van der Waals surface area contributed by atoms with Crippen LogP contribution in [0.4, 0.5) is 0 Å². The molecule has 0 aliphatic carbocycles. The zero-order chi connectivity index (χ0) is 16.4. The lowest BCUT2D eigenvalue weighted by Gasteiger charge is -2.11. The van der Waals surface area contributed by atoms with Gasteiger partial charge in [0.05, 0.1) is 22.1 Å². The molecule has 0 spiro atoms. The van der Waals surface area contributed by atoms with E-state index < -0.39 is 0 Å². The first kappa shape index (κ1) is 13.0. The molecule has 2 nitrogen and oxygen atoms in total. The Hall–Kier alpha value is -3.39. The number of benzene rings is 3. The molecule has 0 unspecified atom stereocenters. The number of aromatic nitrogens is 2. The van der Waals surface area contributed by atoms with Gasteiger partial charge < -0.3 is 4.40 Å². The monoisotopic (exact) mass is 318 g/mol. The van der Waals surface area contributed by atoms with Crippen LogP contribution in [0.15, 0.2) is 85.1 Å². The van der Waals surface area contributed by atoms with Crippen molar-refractivity contribution in [2.45, 2.75) is 0 Å². The van der Waals surface area contributed by atoms with E-state index in [1.54, 1.807) is 0 Å². The van der Waals surface area contributed by atoms with Crippen LogP contribution in [0.25, 0.3) is 49.0 Å². The van der Waals surface area contributed by atoms with Crippen molar-refractivity contribution in [3.05, 3.63) is 85.1 Å². The quantitative estimate of drug-likeness (QED) is 0.316. The minimum absolute atomic E-state index is 1.06. The van der Waals surface area contributed by atoms with E-state index in [0.717, 1.165) is 11.0 Å². The molecule has 0 fully saturated rings. The number of para-hydroxylation sites is 1. The van der Waals surface area contributed by atoms with Gasteiger partial charge in [0.1, 0.15) is 0 Å². The maximum atomic E-state index is 4.78. The predicted octanol–water partition coefficient (Wildman–Crippen LogP) is 5.95. The first-order chi connectivity index (χ1) is 12.4. The standard InChI is InChI=1S/C23H14N2/c1-3-8-17-15(6-1)11-12-18-21-14-16-7-2-4-9-19(16)25(21)20-10-5-13-24-23(20)22(17)18/h1-14H. The van der Waals surface area contributed by atoms with E-state index in [9.17, 15) is 0 Å². The SMILES string of the molecule is c1ccc2c(c1)ccc1c2c2ncccc2n2c3ccccc3cc12. The molecule has 116 valence electrons. The average Bonchev–Trinajstić information content (AvgIpc) is 3.07. The number of rotatable bonds is 0. The molecule has 0 radical (unpaired) electrons. The van der Waals surface area contributed by atoms with Crippen LogP contribution in [0.5, 0.6) is 0 Å². The molecule has 3 aromatic carbocycles. The van der Waals surface area contributed by atoms with E-state index in [-0.39, 0.29) is 0 Å². The summed E-state index contributed by atoms with van der Waals surface area (Å²) in [6, 6.07) is 28.1. The van der Waals surface area contributed by atoms with E-state index in [0.29, 0.717) is 0 Å². The lowest BCUT2D eigenvalue weighted by atomic mass is 10.0. The number of nitrogens with zero attached hydrogens (tertiary/aromatic N) is 2. The molecular weight excluding hydrogens is 304 g/mol. The van der Waals surface area contributed by atoms with Crippen molar-refractivity contribution in [1.29, 1.82) is 0 Å². The van der Waals surface area contributed by atoms with E-state index in [1.807, 2.05) is 12.3 Å². The van der Waals surface area contributed by atoms with Gasteiger partial charge in [-0.2, -0.15) is 0 Å². The number of hydrogen-bond donors (Lipinski definition) is 0. The summed E-state index contributed by atoms with van der Waals surface area (Å²) in [6.45, 7) is 0. The number of fused-ring (bicyclic) bond motifs is 10. The highest BCUT2D eigenvalue weighted by Crippen LogP contribution is 2.36. The molecule has 0 aliphatic heterocycles. The fourth-order valence-electron chi connectivity index (χ4n) is 4.12. The Kier molecular flexibility index (Phi) is 2.37. The normalized spacial score (nSPS) is 12.0. The first-order valence-corrected chi connectivity index (χ1v) is 8.50. The highest BCUT2D eigenvalue weighted by atomic mass is 14.9. The molecule has 3 heterocycles. The number of hydrogen-bond acceptors (Lipinski definition) is 1. The zero-order valence-electron chi connectivity index (χ0n) is 13.5. The van der Waals surface area contributed by atoms with Crippen molar-refractivity contribution in [3.63, 3.8) is 0 Å². The molecule has 6 aromatic rings. The highest BCUT2D eigenvalue weighted by Gasteiger charge is 2.14. The smallest absolute Gasteiger partial charge is 0.0955 e. The van der Waals surface area contributed by atoms with Gasteiger partial charge in [-0.15, -0.1) is 0 Å². The number of pyridine rings is 2. The fourth-order valence-corrected chi connectivity index (χ4v) is 4.12. The van der Waals surface area contributed by atoms with Gasteiger partial charge in [0.25, 0.3) is 0 Å². The van der Waals surface area contributed by atoms with Gasteiger partial charge in [-0.25, -0.2) is 0 Å². The fraction of sp³-hybridized carbons (Fsp3) is 0. The molecule has 6 rings (SSSR count). The van der Waals surface area contributed by atoms with Gasteiger partial charge in [0.2, 0.25) is 0 Å². The van der Waals surface area contributed by atoms with Gasteiger partial charge in [-0.3, -0.25) is 4.98 Å². The van der Waals surface area contributed by atoms with Crippen molar-refractivity contribution < 1.29 is 0 Å². The second kappa shape index (κ2) is 4.58. The first-order valence-electron chi connectivity index (χ1n) is 8.50. The van der Waals surface area contributed by atoms with Crippen LogP contribution in [0.1, 0.15) is 0 Å². The molecule has 0 bridgehead atoms. The summed E-state index contributed by atoms with van der Waals surface area (Å²) in [7, 11) is 0. The van der Waals surface area contributed by atoms with E-state index in [1.165, 1.54) is 38.0 Å². The minimum Gasteiger partial charge on any atom is -0.307 e. The summed E-state index contributed by atoms with van der Waals surface area (Å²) in [5.41, 5.74) is 4.68. The maximum Gasteiger partial charge on any atom is 0.0955 e. The van der Waals surface area contributed by atoms with Crippen LogP contribution in [0.3, 0.4) is 0 Å². The Morgan fingerprint density at radius 1 is 0.600 bits per heavy atom. The third kappa shape index (κ3) is 1.61. The largest absolute Gasteiger partial charge is 0.307 e. The Morgan fingerprint density at radius 3 is 2.36 bits per heavy atom. The Bertz CT molecular complexity index is 1440. The molecule has 2 heteroatoms. The van der Waals surface area contributed by atoms with Gasteiger partial charge in [-0.1, -0.05) is 54.6 Å². The molecule has 3 aromatic heterocycles. The zero-order valence-corrected chi connectivity index (χ0v) is 13.5. The summed E-state index contributed by atoms with van der Waals surface area (Å²) in [6.07, 6.45) is 1.89. The molecule has 0 atom stereocenters. The van der Waals surface area contributed by atoms with E-state index >= 15 is 0 Å². The van der Waals surface area contributed by atoms with Crippen LogP contribution in [-0.2, 0) is 0 Å². The van der Waals surface area contributed by atoms with Crippen LogP contribution < -0.4 is 0 Å². The summed E-state index contributed by atoms with van der Waals surface area (Å²) < 4.78 is 2.34. The second-order valence-electron chi connectivity index (χ2n) is 6.50. The molecule has 0 aliphatic rings. The van der Waals surface area contributed by atoms with Crippen molar-refractivity contribution in [1.82, 2.24) is 9.38 Å². The average molecular weight is 318 g/mol. The van der Waals surface area contributed by atoms with E-state index in [4.69, 9.17) is 4.98 Å². The lowest BCUT2D eigenvalue weighted by Crippen LogP contribution is -1.93. The Morgan fingerprint density at radius 2 is 1.40 bits per heavy atom. The Balaban J connectivity index is 2.06. The maximum absolute atomic E-state index is 4.78. The third-order valence-corrected chi connectivity index (χ3v) is 5.18. The predicted molar refractivity (Wildman–Crippen MR) is 105 cm³/mol. The molecule has 0 saturated carbocycles. The molecule has 25 heavy (non-hydrogen) atoms. The second-order valence-corrected chi connectivity index (χ2v) is 6.50. The summed E-state index contributed by atoms with van der Waals surface area (Å²) in [5.74, 6) is 0. The molecule has 0 saturated heterocycles. The highest BCUT2D eigenvalue weighted by molar-refractivity contribution is 6.23. The molecule has 0 N–H and O–H groups in total. The lowest BCUT2D eigenvalue weighted by molar-refractivity contribution is 1.31. The van der Waals surface area contributed by atoms with Crippen LogP contribution >= 0.6 is 0 Å². The van der Waals surface area contributed by atoms with Gasteiger partial charge in [0, 0.05) is 22.4 Å². The van der Waals surface area contributed by atoms with Gasteiger partial charge >= 0.3 is 0 Å². The van der Waals surface area contributed by atoms with Crippen molar-refractivity contribution in [2.75, 3.05) is 0 Å². The van der Waals surface area contributed by atoms with Crippen molar-refractivity contribution in [3.8, 4) is 0 Å². The Labute approximate surface area is 143 Å². The van der Waals surface area contributed by atoms with Crippen molar-refractivity contribution in [2.24, 2.45) is 0 Å². The van der Waals surface area contributed by atoms with E-state index in [2.05, 4.69) is 77.2 Å². The summed E-state index contributed by atoms with van der Waals surface area (Å²) >= 11 is 0. The van der Waals surface area contributed by atoms with Crippen LogP contribution in [0.2, 0.25) is 0 Å². The van der Waals surface area contributed by atoms with Crippen LogP contribution in [0, 0.1) is 0 Å². The van der Waals surface area contributed by atoms with Crippen molar-refractivity contribution >= 4 is 49.0 Å².